The van der Waals surface area contributed by atoms with Gasteiger partial charge in [0.05, 0.1) is 23.4 Å². The molecule has 0 atom stereocenters. The fraction of sp³-hybridized carbons (Fsp3) is 0.0526. The topological polar surface area (TPSA) is 101 Å². The van der Waals surface area contributed by atoms with E-state index in [4.69, 9.17) is 4.74 Å². The maximum atomic E-state index is 13.9. The lowest BCUT2D eigenvalue weighted by Crippen LogP contribution is -1.96. The van der Waals surface area contributed by atoms with E-state index in [9.17, 15) is 19.8 Å². The molecule has 2 aromatic carbocycles. The molecule has 0 aliphatic heterocycles. The summed E-state index contributed by atoms with van der Waals surface area (Å²) in [5, 5.41) is 25.1. The highest BCUT2D eigenvalue weighted by molar-refractivity contribution is 7.11. The number of hydrogen-bond donors (Lipinski definition) is 1. The van der Waals surface area contributed by atoms with Crippen LogP contribution < -0.4 is 10.1 Å². The number of nitriles is 1. The number of anilines is 1. The number of non-ortho nitro benzene ring substituents is 1. The normalized spacial score (nSPS) is 11.0. The molecule has 1 N–H and O–H groups in total. The maximum Gasteiger partial charge on any atom is 0.271 e. The van der Waals surface area contributed by atoms with Gasteiger partial charge in [-0.15, -0.1) is 11.3 Å². The molecule has 0 unspecified atom stereocenters. The molecule has 7 nitrogen and oxygen atoms in total. The number of ether oxygens (including phenoxy) is 1. The minimum Gasteiger partial charge on any atom is -0.497 e. The predicted molar refractivity (Wildman–Crippen MR) is 104 cm³/mol. The van der Waals surface area contributed by atoms with Crippen LogP contribution in [0.2, 0.25) is 0 Å². The summed E-state index contributed by atoms with van der Waals surface area (Å²) in [5.74, 6) is 0.0530. The minimum atomic E-state index is -0.669. The molecular formula is C19H13FN4O3S. The number of benzene rings is 2. The highest BCUT2D eigenvalue weighted by Crippen LogP contribution is 2.28. The predicted octanol–water partition coefficient (Wildman–Crippen LogP) is 4.84. The van der Waals surface area contributed by atoms with E-state index < -0.39 is 10.7 Å². The summed E-state index contributed by atoms with van der Waals surface area (Å²) in [6, 6.07) is 12.4. The van der Waals surface area contributed by atoms with E-state index in [0.717, 1.165) is 29.5 Å². The molecule has 0 aliphatic rings. The van der Waals surface area contributed by atoms with Crippen LogP contribution >= 0.6 is 11.3 Å². The van der Waals surface area contributed by atoms with Crippen LogP contribution in [0.15, 0.2) is 54.0 Å². The van der Waals surface area contributed by atoms with E-state index in [0.29, 0.717) is 10.7 Å². The first-order valence-electron chi connectivity index (χ1n) is 7.93. The molecule has 1 aromatic heterocycles. The number of nitro groups is 1. The first-order chi connectivity index (χ1) is 13.5. The summed E-state index contributed by atoms with van der Waals surface area (Å²) < 4.78 is 19.0. The fourth-order valence-electron chi connectivity index (χ4n) is 2.32. The van der Waals surface area contributed by atoms with E-state index in [1.54, 1.807) is 12.5 Å². The van der Waals surface area contributed by atoms with Gasteiger partial charge in [0.2, 0.25) is 0 Å². The quantitative estimate of drug-likeness (QED) is 0.363. The number of rotatable bonds is 6. The first-order valence-corrected chi connectivity index (χ1v) is 8.81. The van der Waals surface area contributed by atoms with Crippen molar-refractivity contribution in [1.82, 2.24) is 4.98 Å². The Labute approximate surface area is 163 Å². The zero-order valence-corrected chi connectivity index (χ0v) is 15.4. The average molecular weight is 396 g/mol. The zero-order valence-electron chi connectivity index (χ0n) is 14.5. The number of hydrogen-bond acceptors (Lipinski definition) is 7. The zero-order chi connectivity index (χ0) is 20.1. The molecular weight excluding hydrogens is 383 g/mol. The Morgan fingerprint density at radius 1 is 1.36 bits per heavy atom. The van der Waals surface area contributed by atoms with Gasteiger partial charge in [-0.1, -0.05) is 0 Å². The smallest absolute Gasteiger partial charge is 0.271 e. The third-order valence-corrected chi connectivity index (χ3v) is 4.65. The van der Waals surface area contributed by atoms with Gasteiger partial charge < -0.3 is 10.1 Å². The SMILES string of the molecule is COc1ccc(-c2csc(/C(C#N)=C/Nc3cc([N+](=O)[O-])ccc3F)n2)cc1. The molecule has 3 aromatic rings. The summed E-state index contributed by atoms with van der Waals surface area (Å²) >= 11 is 1.26. The number of nitrogens with zero attached hydrogens (tertiary/aromatic N) is 3. The number of halogens is 1. The molecule has 9 heteroatoms. The number of nitro benzene ring substituents is 1. The van der Waals surface area contributed by atoms with Crippen molar-refractivity contribution < 1.29 is 14.1 Å². The van der Waals surface area contributed by atoms with Crippen molar-refractivity contribution >= 4 is 28.3 Å². The average Bonchev–Trinajstić information content (AvgIpc) is 3.19. The molecule has 3 rings (SSSR count). The lowest BCUT2D eigenvalue weighted by atomic mass is 10.2. The summed E-state index contributed by atoms with van der Waals surface area (Å²) in [6.07, 6.45) is 1.28. The largest absolute Gasteiger partial charge is 0.497 e. The summed E-state index contributed by atoms with van der Waals surface area (Å²) in [7, 11) is 1.58. The van der Waals surface area contributed by atoms with Crippen LogP contribution in [0.5, 0.6) is 5.75 Å². The van der Waals surface area contributed by atoms with Gasteiger partial charge in [-0.3, -0.25) is 10.1 Å². The summed E-state index contributed by atoms with van der Waals surface area (Å²) in [5.41, 5.74) is 1.36. The Bertz CT molecular complexity index is 1090. The van der Waals surface area contributed by atoms with Gasteiger partial charge in [-0.05, 0) is 30.3 Å². The summed E-state index contributed by atoms with van der Waals surface area (Å²) in [6.45, 7) is 0. The molecule has 0 bridgehead atoms. The third kappa shape index (κ3) is 4.13. The van der Waals surface area contributed by atoms with Crippen LogP contribution in [0.25, 0.3) is 16.8 Å². The molecule has 28 heavy (non-hydrogen) atoms. The van der Waals surface area contributed by atoms with Crippen molar-refractivity contribution in [2.45, 2.75) is 0 Å². The van der Waals surface area contributed by atoms with Crippen molar-refractivity contribution in [3.8, 4) is 23.1 Å². The molecule has 0 fully saturated rings. The van der Waals surface area contributed by atoms with Crippen molar-refractivity contribution in [1.29, 1.82) is 5.26 Å². The lowest BCUT2D eigenvalue weighted by molar-refractivity contribution is -0.384. The van der Waals surface area contributed by atoms with Gasteiger partial charge >= 0.3 is 0 Å². The Morgan fingerprint density at radius 3 is 2.75 bits per heavy atom. The van der Waals surface area contributed by atoms with Gasteiger partial charge in [0.25, 0.3) is 5.69 Å². The molecule has 0 saturated carbocycles. The molecule has 0 spiro atoms. The van der Waals surface area contributed by atoms with Crippen LogP contribution in [-0.2, 0) is 0 Å². The van der Waals surface area contributed by atoms with E-state index in [2.05, 4.69) is 10.3 Å². The van der Waals surface area contributed by atoms with Gasteiger partial charge in [-0.2, -0.15) is 5.26 Å². The van der Waals surface area contributed by atoms with E-state index in [-0.39, 0.29) is 16.9 Å². The molecule has 0 saturated heterocycles. The Hall–Kier alpha value is -3.77. The Morgan fingerprint density at radius 2 is 2.11 bits per heavy atom. The van der Waals surface area contributed by atoms with Crippen molar-refractivity contribution in [2.75, 3.05) is 12.4 Å². The Kier molecular flexibility index (Phi) is 5.62. The molecule has 1 heterocycles. The molecule has 0 amide bonds. The lowest BCUT2D eigenvalue weighted by Gasteiger charge is -2.03. The van der Waals surface area contributed by atoms with Gasteiger partial charge in [0.1, 0.15) is 28.2 Å². The molecule has 0 aliphatic carbocycles. The minimum absolute atomic E-state index is 0.103. The highest BCUT2D eigenvalue weighted by atomic mass is 32.1. The second kappa shape index (κ2) is 8.28. The van der Waals surface area contributed by atoms with Crippen molar-refractivity contribution in [3.05, 3.63) is 75.0 Å². The molecule has 0 radical (unpaired) electrons. The second-order valence-electron chi connectivity index (χ2n) is 5.50. The van der Waals surface area contributed by atoms with Crippen LogP contribution in [-0.4, -0.2) is 17.0 Å². The third-order valence-electron chi connectivity index (χ3n) is 3.77. The summed E-state index contributed by atoms with van der Waals surface area (Å²) in [4.78, 5) is 14.6. The van der Waals surface area contributed by atoms with Crippen LogP contribution in [0.1, 0.15) is 5.01 Å². The highest BCUT2D eigenvalue weighted by Gasteiger charge is 2.12. The van der Waals surface area contributed by atoms with Gasteiger partial charge in [-0.25, -0.2) is 9.37 Å². The van der Waals surface area contributed by atoms with Crippen LogP contribution in [0.4, 0.5) is 15.8 Å². The van der Waals surface area contributed by atoms with Gasteiger partial charge in [0.15, 0.2) is 0 Å². The number of nitrogens with one attached hydrogen (secondary N) is 1. The monoisotopic (exact) mass is 396 g/mol. The number of methoxy groups -OCH3 is 1. The van der Waals surface area contributed by atoms with Gasteiger partial charge in [0, 0.05) is 29.3 Å². The van der Waals surface area contributed by atoms with E-state index in [1.807, 2.05) is 30.3 Å². The number of thiazole rings is 1. The number of aromatic nitrogens is 1. The van der Waals surface area contributed by atoms with Crippen LogP contribution in [0.3, 0.4) is 0 Å². The standard InChI is InChI=1S/C19H13FN4O3S/c1-27-15-5-2-12(3-6-15)18-11-28-19(23-18)13(9-21)10-22-17-8-14(24(25)26)4-7-16(17)20/h2-8,10-11,22H,1H3/b13-10+. The van der Waals surface area contributed by atoms with E-state index in [1.165, 1.54) is 17.5 Å². The maximum absolute atomic E-state index is 13.9. The second-order valence-corrected chi connectivity index (χ2v) is 6.36. The molecule has 140 valence electrons. The Balaban J connectivity index is 1.84. The van der Waals surface area contributed by atoms with Crippen molar-refractivity contribution in [2.24, 2.45) is 0 Å². The van der Waals surface area contributed by atoms with Crippen LogP contribution in [0, 0.1) is 27.3 Å². The number of allylic oxidation sites excluding steroid dienone is 1. The first kappa shape index (κ1) is 19.0. The van der Waals surface area contributed by atoms with E-state index >= 15 is 0 Å². The van der Waals surface area contributed by atoms with Crippen molar-refractivity contribution in [3.63, 3.8) is 0 Å². The fourth-order valence-corrected chi connectivity index (χ4v) is 3.12.